The van der Waals surface area contributed by atoms with Crippen LogP contribution in [0.15, 0.2) is 54.3 Å². The predicted molar refractivity (Wildman–Crippen MR) is 275 cm³/mol. The summed E-state index contributed by atoms with van der Waals surface area (Å²) in [5.41, 5.74) is 2.26. The van der Waals surface area contributed by atoms with Crippen LogP contribution in [0.4, 0.5) is 5.69 Å². The number of benzene rings is 1. The normalized spacial score (nSPS) is 35.1. The molecule has 416 valence electrons. The van der Waals surface area contributed by atoms with Gasteiger partial charge >= 0.3 is 5.97 Å². The molecule has 4 N–H and O–H groups in total. The van der Waals surface area contributed by atoms with E-state index < -0.39 is 125 Å². The van der Waals surface area contributed by atoms with Gasteiger partial charge in [-0.15, -0.1) is 5.10 Å². The summed E-state index contributed by atoms with van der Waals surface area (Å²) in [6.45, 7) is 13.5. The third kappa shape index (κ3) is 16.6. The van der Waals surface area contributed by atoms with Gasteiger partial charge in [0, 0.05) is 88.9 Å². The quantitative estimate of drug-likeness (QED) is 0.0367. The lowest BCUT2D eigenvalue weighted by atomic mass is 9.80. The Bertz CT molecular complexity index is 2130. The molecule has 23 heteroatoms. The molecule has 0 amide bonds. The van der Waals surface area contributed by atoms with Crippen molar-refractivity contribution in [1.82, 2.24) is 19.9 Å². The maximum absolute atomic E-state index is 14.0. The van der Waals surface area contributed by atoms with Crippen LogP contribution in [0, 0.1) is 33.8 Å². The number of likely N-dealkylation sites (N-methyl/N-ethyl adjacent to an activating group) is 1. The molecule has 3 aliphatic rings. The van der Waals surface area contributed by atoms with Gasteiger partial charge in [-0.25, -0.2) is 0 Å². The number of alkyl halides is 1. The summed E-state index contributed by atoms with van der Waals surface area (Å²) in [6.07, 6.45) is -4.91. The van der Waals surface area contributed by atoms with E-state index in [1.807, 2.05) is 28.7 Å². The second-order valence-corrected chi connectivity index (χ2v) is 20.7. The summed E-state index contributed by atoms with van der Waals surface area (Å²) in [7, 11) is 4.68. The highest BCUT2D eigenvalue weighted by Gasteiger charge is 2.50. The molecule has 0 aliphatic carbocycles. The van der Waals surface area contributed by atoms with Gasteiger partial charge in [0.15, 0.2) is 28.8 Å². The summed E-state index contributed by atoms with van der Waals surface area (Å²) >= 11 is 1.99. The number of carbonyl (C=O) groups is 2. The molecule has 1 aromatic heterocycles. The maximum atomic E-state index is 14.0. The first-order valence-electron chi connectivity index (χ1n) is 25.4. The minimum atomic E-state index is -1.45. The zero-order valence-electron chi connectivity index (χ0n) is 44.1. The minimum absolute atomic E-state index is 0.0165. The van der Waals surface area contributed by atoms with Crippen molar-refractivity contribution in [3.8, 4) is 0 Å². The lowest BCUT2D eigenvalue weighted by molar-refractivity contribution is -0.384. The number of non-ortho nitro benzene ring substituents is 1. The van der Waals surface area contributed by atoms with E-state index in [-0.39, 0.29) is 37.7 Å². The molecule has 17 atom stereocenters. The smallest absolute Gasteiger partial charge is 0.309 e. The number of methoxy groups -OCH3 is 2. The fraction of sp³-hybridized carbons (Fsp3) is 0.725. The summed E-state index contributed by atoms with van der Waals surface area (Å²) < 4.78 is 55.6. The number of hydrogen-bond acceptors (Lipinski definition) is 20. The molecule has 10 unspecified atom stereocenters. The Hall–Kier alpha value is -3.41. The molecule has 0 saturated carbocycles. The van der Waals surface area contributed by atoms with Crippen LogP contribution in [0.3, 0.4) is 0 Å². The van der Waals surface area contributed by atoms with Crippen molar-refractivity contribution in [1.29, 1.82) is 0 Å². The number of nitro groups is 1. The average Bonchev–Trinajstić information content (AvgIpc) is 3.83. The monoisotopic (exact) mass is 1160 g/mol. The van der Waals surface area contributed by atoms with Gasteiger partial charge in [0.25, 0.3) is 5.69 Å². The molecule has 74 heavy (non-hydrogen) atoms. The van der Waals surface area contributed by atoms with E-state index in [1.54, 1.807) is 89.5 Å². The zero-order chi connectivity index (χ0) is 54.4. The summed E-state index contributed by atoms with van der Waals surface area (Å²) in [4.78, 5) is 40.3. The number of rotatable bonds is 20. The Morgan fingerprint density at radius 1 is 0.905 bits per heavy atom. The molecule has 0 spiro atoms. The average molecular weight is 1160 g/mol. The summed E-state index contributed by atoms with van der Waals surface area (Å²) in [5.74, 6) is -3.84. The molecule has 1 aromatic carbocycles. The number of ketones is 1. The van der Waals surface area contributed by atoms with E-state index in [2.05, 4.69) is 10.3 Å². The number of aromatic nitrogens is 3. The van der Waals surface area contributed by atoms with Crippen molar-refractivity contribution in [3.05, 3.63) is 75.6 Å². The number of nitro benzene ring substituents is 1. The molecule has 2 fully saturated rings. The zero-order valence-corrected chi connectivity index (χ0v) is 46.2. The van der Waals surface area contributed by atoms with Crippen molar-refractivity contribution >= 4 is 40.0 Å². The van der Waals surface area contributed by atoms with Crippen LogP contribution in [0.25, 0.3) is 0 Å². The molecule has 4 heterocycles. The van der Waals surface area contributed by atoms with Crippen LogP contribution in [0.2, 0.25) is 0 Å². The lowest BCUT2D eigenvalue weighted by Crippen LogP contribution is -2.64. The number of esters is 1. The van der Waals surface area contributed by atoms with Crippen molar-refractivity contribution < 1.29 is 77.6 Å². The van der Waals surface area contributed by atoms with Gasteiger partial charge in [-0.1, -0.05) is 48.9 Å². The molecule has 3 aliphatic heterocycles. The number of cyclic esters (lactones) is 1. The number of nitrogens with zero attached hydrogens (tertiary/aromatic N) is 5. The van der Waals surface area contributed by atoms with Crippen molar-refractivity contribution in [3.63, 3.8) is 0 Å². The van der Waals surface area contributed by atoms with Gasteiger partial charge in [0.2, 0.25) is 0 Å². The second kappa shape index (κ2) is 29.4. The van der Waals surface area contributed by atoms with Crippen LogP contribution in [-0.4, -0.2) is 189 Å². The van der Waals surface area contributed by atoms with Gasteiger partial charge in [-0.2, -0.15) is 0 Å². The first kappa shape index (κ1) is 61.4. The van der Waals surface area contributed by atoms with Crippen LogP contribution in [0.5, 0.6) is 0 Å². The van der Waals surface area contributed by atoms with Crippen LogP contribution < -0.4 is 0 Å². The van der Waals surface area contributed by atoms with Gasteiger partial charge in [0.1, 0.15) is 24.4 Å². The van der Waals surface area contributed by atoms with E-state index in [0.29, 0.717) is 37.2 Å². The predicted octanol–water partition coefficient (Wildman–Crippen LogP) is 3.71. The number of hydrogen-bond donors (Lipinski definition) is 4. The lowest BCUT2D eigenvalue weighted by Gasteiger charge is -2.48. The van der Waals surface area contributed by atoms with Crippen LogP contribution in [0.1, 0.15) is 72.6 Å². The Balaban J connectivity index is 1.37. The number of allylic oxidation sites excluding steroid dienone is 3. The standard InChI is InChI=1S/C51H78IN5O17/c1-11-68-49(69-12-2)37-24-29(4)38(58)18-13-28(3)23-34(27-70-51-47(67-10)46(66-9)43(62)32(7)72-51)48(52)73-40(60)25-39(59)30(5)45(37)74-50-44(63)41(42(61)31(6)71-50)55(8)21-20-35-26-56(54-53-35)22-19-33-14-16-36(17-15-33)57(64)65/h13-18,23,26,29-32,34,37,39,41-51,59,61-63H,11-12,19-22,24-25,27H2,1-10H3/b18-13+,28-23+/t29-,30+,31?,32?,34-,37+,39-,41?,42?,43?,44?,45-,46?,47?,48+,50?,51?/m1/s1. The van der Waals surface area contributed by atoms with Crippen LogP contribution >= 0.6 is 22.6 Å². The Morgan fingerprint density at radius 2 is 1.55 bits per heavy atom. The topological polar surface area (TPSA) is 275 Å². The largest absolute Gasteiger partial charge is 0.451 e. The van der Waals surface area contributed by atoms with Crippen molar-refractivity contribution in [2.45, 2.75) is 165 Å². The summed E-state index contributed by atoms with van der Waals surface area (Å²) in [6, 6.07) is 5.43. The minimum Gasteiger partial charge on any atom is -0.451 e. The fourth-order valence-corrected chi connectivity index (χ4v) is 10.3. The molecule has 0 bridgehead atoms. The maximum Gasteiger partial charge on any atom is 0.309 e. The number of aliphatic hydroxyl groups is 4. The number of carbonyl (C=O) groups excluding carboxylic acids is 2. The SMILES string of the molecule is CCOC(OCC)[C@H]1C[C@@H](C)C(=O)/C=C/C(C)=C/[C@H](COC2OC(C)C(O)C(OC)C2OC)[C@@H](I)OC(=O)C[C@@H](O)[C@H](C)[C@H]1OC1OC(C)C(O)C(N(C)CCc2cn(CCc3ccc([N+](=O)[O-])cc3)nn2)C1O. The van der Waals surface area contributed by atoms with Gasteiger partial charge in [-0.05, 0) is 88.7 Å². The molecule has 5 rings (SSSR count). The second-order valence-electron chi connectivity index (χ2n) is 19.5. The first-order valence-corrected chi connectivity index (χ1v) is 26.6. The van der Waals surface area contributed by atoms with Crippen molar-refractivity contribution in [2.24, 2.45) is 23.7 Å². The fourth-order valence-electron chi connectivity index (χ4n) is 9.65. The van der Waals surface area contributed by atoms with E-state index in [1.165, 1.54) is 32.4 Å². The van der Waals surface area contributed by atoms with Gasteiger partial charge in [-0.3, -0.25) is 29.3 Å². The summed E-state index contributed by atoms with van der Waals surface area (Å²) in [5, 5.41) is 66.0. The third-order valence-electron chi connectivity index (χ3n) is 14.1. The first-order chi connectivity index (χ1) is 35.2. The number of aryl methyl sites for hydroxylation is 2. The number of halogens is 1. The third-order valence-corrected chi connectivity index (χ3v) is 15.2. The number of ether oxygens (including phenoxy) is 9. The van der Waals surface area contributed by atoms with Crippen LogP contribution in [-0.2, 0) is 71.6 Å². The number of aliphatic hydroxyl groups excluding tert-OH is 4. The van der Waals surface area contributed by atoms with Gasteiger partial charge in [0.05, 0.1) is 60.2 Å². The molecule has 0 radical (unpaired) electrons. The van der Waals surface area contributed by atoms with E-state index in [0.717, 1.165) is 5.56 Å². The van der Waals surface area contributed by atoms with E-state index in [4.69, 9.17) is 42.6 Å². The van der Waals surface area contributed by atoms with E-state index in [9.17, 15) is 40.1 Å². The Kier molecular flexibility index (Phi) is 24.4. The van der Waals surface area contributed by atoms with Gasteiger partial charge < -0.3 is 63.1 Å². The van der Waals surface area contributed by atoms with Crippen molar-refractivity contribution in [2.75, 3.05) is 47.6 Å². The molecule has 2 saturated heterocycles. The highest BCUT2D eigenvalue weighted by molar-refractivity contribution is 14.1. The highest BCUT2D eigenvalue weighted by Crippen LogP contribution is 2.37. The molecule has 22 nitrogen and oxygen atoms in total. The molecule has 2 aromatic rings. The van der Waals surface area contributed by atoms with E-state index >= 15 is 0 Å². The highest BCUT2D eigenvalue weighted by atomic mass is 127. The Morgan fingerprint density at radius 3 is 2.19 bits per heavy atom. The molecular weight excluding hydrogens is 1080 g/mol. The molecular formula is C51H78IN5O17. The Labute approximate surface area is 447 Å².